The van der Waals surface area contributed by atoms with Crippen molar-refractivity contribution in [2.24, 2.45) is 0 Å². The Morgan fingerprint density at radius 3 is 2.85 bits per heavy atom. The van der Waals surface area contributed by atoms with Gasteiger partial charge < -0.3 is 15.8 Å². The number of nitrogens with one attached hydrogen (secondary N) is 1. The quantitative estimate of drug-likeness (QED) is 0.833. The van der Waals surface area contributed by atoms with E-state index in [0.717, 1.165) is 18.1 Å². The molecule has 2 atom stereocenters. The lowest BCUT2D eigenvalue weighted by Crippen LogP contribution is -2.19. The maximum absolute atomic E-state index is 5.70. The summed E-state index contributed by atoms with van der Waals surface area (Å²) in [6, 6.07) is 0.695. The molecule has 0 aromatic carbocycles. The molecular formula is C13H23N5OS. The van der Waals surface area contributed by atoms with E-state index in [1.807, 2.05) is 25.6 Å². The lowest BCUT2D eigenvalue weighted by molar-refractivity contribution is 0.222. The van der Waals surface area contributed by atoms with Crippen LogP contribution in [0.4, 0.5) is 11.9 Å². The first-order valence-corrected chi connectivity index (χ1v) is 8.18. The lowest BCUT2D eigenvalue weighted by Gasteiger charge is -2.14. The van der Waals surface area contributed by atoms with E-state index < -0.39 is 0 Å². The molecule has 20 heavy (non-hydrogen) atoms. The zero-order valence-corrected chi connectivity index (χ0v) is 13.1. The fourth-order valence-electron chi connectivity index (χ4n) is 2.34. The van der Waals surface area contributed by atoms with Crippen LogP contribution in [0.15, 0.2) is 0 Å². The average molecular weight is 297 g/mol. The highest BCUT2D eigenvalue weighted by molar-refractivity contribution is 7.99. The van der Waals surface area contributed by atoms with Gasteiger partial charge in [0.1, 0.15) is 0 Å². The van der Waals surface area contributed by atoms with Gasteiger partial charge in [0.05, 0.1) is 6.10 Å². The minimum absolute atomic E-state index is 0.0152. The molecule has 2 rings (SSSR count). The number of hydrogen-bond acceptors (Lipinski definition) is 7. The standard InChI is InChI=1S/C13H23N5OS/c1-4-20-10-6-5-9(7-10)15-12-16-11(14)17-13(18-12)19-8(2)3/h8-10H,4-7H2,1-3H3,(H3,14,15,16,17,18). The van der Waals surface area contributed by atoms with E-state index in [2.05, 4.69) is 27.2 Å². The molecule has 6 nitrogen and oxygen atoms in total. The molecule has 1 fully saturated rings. The molecule has 1 heterocycles. The van der Waals surface area contributed by atoms with Crippen LogP contribution in [0, 0.1) is 0 Å². The first kappa shape index (κ1) is 15.2. The van der Waals surface area contributed by atoms with Crippen LogP contribution in [0.25, 0.3) is 0 Å². The Morgan fingerprint density at radius 2 is 2.15 bits per heavy atom. The minimum Gasteiger partial charge on any atom is -0.461 e. The highest BCUT2D eigenvalue weighted by Gasteiger charge is 2.25. The number of nitrogens with two attached hydrogens (primary N) is 1. The summed E-state index contributed by atoms with van der Waals surface area (Å²) in [4.78, 5) is 12.4. The zero-order chi connectivity index (χ0) is 14.5. The second kappa shape index (κ2) is 6.97. The Hall–Kier alpha value is -1.24. The van der Waals surface area contributed by atoms with E-state index in [9.17, 15) is 0 Å². The van der Waals surface area contributed by atoms with Gasteiger partial charge in [-0.05, 0) is 38.9 Å². The molecule has 0 saturated heterocycles. The van der Waals surface area contributed by atoms with E-state index in [-0.39, 0.29) is 18.1 Å². The predicted molar refractivity (Wildman–Crippen MR) is 83.2 cm³/mol. The van der Waals surface area contributed by atoms with Crippen molar-refractivity contribution < 1.29 is 4.74 Å². The molecule has 1 aliphatic carbocycles. The summed E-state index contributed by atoms with van der Waals surface area (Å²) in [5.41, 5.74) is 5.70. The van der Waals surface area contributed by atoms with Crippen molar-refractivity contribution in [3.05, 3.63) is 0 Å². The van der Waals surface area contributed by atoms with Crippen LogP contribution in [-0.4, -0.2) is 38.1 Å². The minimum atomic E-state index is 0.0152. The van der Waals surface area contributed by atoms with Gasteiger partial charge >= 0.3 is 6.01 Å². The van der Waals surface area contributed by atoms with Gasteiger partial charge in [-0.3, -0.25) is 0 Å². The Balaban J connectivity index is 1.97. The smallest absolute Gasteiger partial charge is 0.323 e. The number of rotatable bonds is 6. The van der Waals surface area contributed by atoms with Crippen LogP contribution < -0.4 is 15.8 Å². The van der Waals surface area contributed by atoms with Crippen molar-refractivity contribution in [2.45, 2.75) is 57.4 Å². The first-order valence-electron chi connectivity index (χ1n) is 7.13. The van der Waals surface area contributed by atoms with E-state index >= 15 is 0 Å². The van der Waals surface area contributed by atoms with E-state index in [1.54, 1.807) is 0 Å². The average Bonchev–Trinajstić information content (AvgIpc) is 2.75. The molecule has 0 bridgehead atoms. The summed E-state index contributed by atoms with van der Waals surface area (Å²) in [7, 11) is 0. The first-order chi connectivity index (χ1) is 9.56. The molecule has 112 valence electrons. The van der Waals surface area contributed by atoms with Crippen LogP contribution in [0.5, 0.6) is 6.01 Å². The molecule has 0 spiro atoms. The largest absolute Gasteiger partial charge is 0.461 e. The maximum atomic E-state index is 5.70. The summed E-state index contributed by atoms with van der Waals surface area (Å²) >= 11 is 2.03. The Morgan fingerprint density at radius 1 is 1.35 bits per heavy atom. The molecule has 1 aromatic rings. The van der Waals surface area contributed by atoms with Crippen LogP contribution in [0.1, 0.15) is 40.0 Å². The van der Waals surface area contributed by atoms with Gasteiger partial charge in [0.15, 0.2) is 0 Å². The number of thioether (sulfide) groups is 1. The maximum Gasteiger partial charge on any atom is 0.323 e. The predicted octanol–water partition coefficient (Wildman–Crippen LogP) is 2.33. The topological polar surface area (TPSA) is 86.0 Å². The number of nitrogen functional groups attached to an aromatic ring is 1. The summed E-state index contributed by atoms with van der Waals surface area (Å²) < 4.78 is 5.47. The molecule has 2 unspecified atom stereocenters. The summed E-state index contributed by atoms with van der Waals surface area (Å²) in [5, 5.41) is 4.09. The molecule has 1 aromatic heterocycles. The van der Waals surface area contributed by atoms with Crippen molar-refractivity contribution in [3.8, 4) is 6.01 Å². The fraction of sp³-hybridized carbons (Fsp3) is 0.769. The molecule has 3 N–H and O–H groups in total. The highest BCUT2D eigenvalue weighted by Crippen LogP contribution is 2.31. The number of nitrogens with zero attached hydrogens (tertiary/aromatic N) is 3. The van der Waals surface area contributed by atoms with E-state index in [1.165, 1.54) is 12.2 Å². The summed E-state index contributed by atoms with van der Waals surface area (Å²) in [6.45, 7) is 6.06. The second-order valence-corrected chi connectivity index (χ2v) is 6.78. The zero-order valence-electron chi connectivity index (χ0n) is 12.3. The molecule has 7 heteroatoms. The normalized spacial score (nSPS) is 22.2. The second-order valence-electron chi connectivity index (χ2n) is 5.20. The molecule has 0 radical (unpaired) electrons. The fourth-order valence-corrected chi connectivity index (χ4v) is 3.48. The third-order valence-corrected chi connectivity index (χ3v) is 4.33. The van der Waals surface area contributed by atoms with E-state index in [4.69, 9.17) is 10.5 Å². The third-order valence-electron chi connectivity index (χ3n) is 3.09. The van der Waals surface area contributed by atoms with Crippen LogP contribution in [0.3, 0.4) is 0 Å². The Bertz CT molecular complexity index is 443. The van der Waals surface area contributed by atoms with Gasteiger partial charge in [-0.15, -0.1) is 0 Å². The number of anilines is 2. The number of hydrogen-bond donors (Lipinski definition) is 2. The van der Waals surface area contributed by atoms with E-state index in [0.29, 0.717) is 12.0 Å². The van der Waals surface area contributed by atoms with Crippen molar-refractivity contribution in [1.29, 1.82) is 0 Å². The molecule has 0 amide bonds. The molecule has 0 aliphatic heterocycles. The number of aromatic nitrogens is 3. The van der Waals surface area contributed by atoms with Gasteiger partial charge in [-0.25, -0.2) is 0 Å². The summed E-state index contributed by atoms with van der Waals surface area (Å²) in [6.07, 6.45) is 3.54. The van der Waals surface area contributed by atoms with Crippen LogP contribution in [-0.2, 0) is 0 Å². The van der Waals surface area contributed by atoms with Crippen molar-refractivity contribution >= 4 is 23.7 Å². The third kappa shape index (κ3) is 4.40. The molecule has 1 saturated carbocycles. The Kier molecular flexibility index (Phi) is 5.28. The highest BCUT2D eigenvalue weighted by atomic mass is 32.2. The lowest BCUT2D eigenvalue weighted by atomic mass is 10.2. The monoisotopic (exact) mass is 297 g/mol. The number of ether oxygens (including phenoxy) is 1. The van der Waals surface area contributed by atoms with Gasteiger partial charge in [-0.2, -0.15) is 26.7 Å². The Labute approximate surface area is 124 Å². The molecule has 1 aliphatic rings. The van der Waals surface area contributed by atoms with Crippen molar-refractivity contribution in [3.63, 3.8) is 0 Å². The van der Waals surface area contributed by atoms with Gasteiger partial charge in [0.2, 0.25) is 11.9 Å². The van der Waals surface area contributed by atoms with Crippen molar-refractivity contribution in [1.82, 2.24) is 15.0 Å². The van der Waals surface area contributed by atoms with Gasteiger partial charge in [0, 0.05) is 11.3 Å². The molecular weight excluding hydrogens is 274 g/mol. The summed E-state index contributed by atoms with van der Waals surface area (Å²) in [5.74, 6) is 1.87. The SMILES string of the molecule is CCSC1CCC(Nc2nc(N)nc(OC(C)C)n2)C1. The van der Waals surface area contributed by atoms with Crippen molar-refractivity contribution in [2.75, 3.05) is 16.8 Å². The van der Waals surface area contributed by atoms with Gasteiger partial charge in [-0.1, -0.05) is 6.92 Å². The van der Waals surface area contributed by atoms with Crippen LogP contribution >= 0.6 is 11.8 Å². The van der Waals surface area contributed by atoms with Gasteiger partial charge in [0.25, 0.3) is 0 Å². The van der Waals surface area contributed by atoms with Crippen LogP contribution in [0.2, 0.25) is 0 Å².